The quantitative estimate of drug-likeness (QED) is 0.722. The predicted molar refractivity (Wildman–Crippen MR) is 79.0 cm³/mol. The number of amides is 2. The van der Waals surface area contributed by atoms with Gasteiger partial charge in [-0.15, -0.1) is 0 Å². The largest absolute Gasteiger partial charge is 0.481 e. The highest BCUT2D eigenvalue weighted by molar-refractivity contribution is 5.74. The highest BCUT2D eigenvalue weighted by Crippen LogP contribution is 2.43. The molecule has 2 N–H and O–H groups in total. The molecule has 118 valence electrons. The van der Waals surface area contributed by atoms with Gasteiger partial charge in [-0.3, -0.25) is 4.79 Å². The van der Waals surface area contributed by atoms with Crippen LogP contribution < -0.4 is 5.32 Å². The van der Waals surface area contributed by atoms with Crippen molar-refractivity contribution < 1.29 is 14.7 Å². The molecule has 0 atom stereocenters. The lowest BCUT2D eigenvalue weighted by molar-refractivity contribution is -0.141. The minimum absolute atomic E-state index is 0.0189. The van der Waals surface area contributed by atoms with Crippen LogP contribution in [0.25, 0.3) is 0 Å². The van der Waals surface area contributed by atoms with E-state index in [9.17, 15) is 9.59 Å². The molecule has 0 radical (unpaired) electrons. The maximum Gasteiger partial charge on any atom is 0.317 e. The van der Waals surface area contributed by atoms with Crippen LogP contribution in [0.15, 0.2) is 0 Å². The topological polar surface area (TPSA) is 69.6 Å². The van der Waals surface area contributed by atoms with Gasteiger partial charge in [0.05, 0.1) is 6.42 Å². The summed E-state index contributed by atoms with van der Waals surface area (Å²) in [6.07, 6.45) is 8.09. The number of carbonyl (C=O) groups is 2. The maximum atomic E-state index is 12.4. The van der Waals surface area contributed by atoms with Crippen molar-refractivity contribution in [3.63, 3.8) is 0 Å². The Morgan fingerprint density at radius 1 is 1.10 bits per heavy atom. The van der Waals surface area contributed by atoms with Gasteiger partial charge in [-0.1, -0.05) is 6.42 Å². The van der Waals surface area contributed by atoms with E-state index in [0.717, 1.165) is 32.4 Å². The van der Waals surface area contributed by atoms with Crippen LogP contribution >= 0.6 is 0 Å². The van der Waals surface area contributed by atoms with Crippen LogP contribution in [0.1, 0.15) is 51.4 Å². The van der Waals surface area contributed by atoms with E-state index in [-0.39, 0.29) is 17.9 Å². The molecular formula is C16H26N2O3. The molecule has 0 saturated heterocycles. The summed E-state index contributed by atoms with van der Waals surface area (Å²) in [6, 6.07) is 0.0189. The summed E-state index contributed by atoms with van der Waals surface area (Å²) >= 11 is 0. The minimum Gasteiger partial charge on any atom is -0.481 e. The monoisotopic (exact) mass is 294 g/mol. The molecule has 5 heteroatoms. The number of hydrogen-bond acceptors (Lipinski definition) is 2. The molecule has 0 aromatic rings. The van der Waals surface area contributed by atoms with E-state index < -0.39 is 5.97 Å². The average Bonchev–Trinajstić information content (AvgIpc) is 3.25. The van der Waals surface area contributed by atoms with Crippen LogP contribution in [0.4, 0.5) is 4.79 Å². The van der Waals surface area contributed by atoms with Crippen LogP contribution in [0.5, 0.6) is 0 Å². The van der Waals surface area contributed by atoms with Gasteiger partial charge in [0.25, 0.3) is 0 Å². The molecule has 0 bridgehead atoms. The Kier molecular flexibility index (Phi) is 4.09. The van der Waals surface area contributed by atoms with E-state index in [1.165, 1.54) is 25.7 Å². The van der Waals surface area contributed by atoms with Gasteiger partial charge in [0, 0.05) is 19.6 Å². The number of rotatable bonds is 8. The molecule has 0 aliphatic heterocycles. The molecule has 5 nitrogen and oxygen atoms in total. The molecule has 0 aromatic carbocycles. The van der Waals surface area contributed by atoms with Crippen molar-refractivity contribution in [3.05, 3.63) is 0 Å². The fourth-order valence-corrected chi connectivity index (χ4v) is 3.25. The molecule has 21 heavy (non-hydrogen) atoms. The van der Waals surface area contributed by atoms with E-state index in [0.29, 0.717) is 18.4 Å². The number of carboxylic acid groups (broad SMARTS) is 1. The molecule has 3 aliphatic carbocycles. The van der Waals surface area contributed by atoms with Crippen LogP contribution in [0, 0.1) is 17.3 Å². The average molecular weight is 294 g/mol. The number of nitrogens with one attached hydrogen (secondary N) is 1. The molecule has 0 heterocycles. The summed E-state index contributed by atoms with van der Waals surface area (Å²) in [5, 5.41) is 12.0. The molecular weight excluding hydrogens is 268 g/mol. The lowest BCUT2D eigenvalue weighted by Crippen LogP contribution is -2.48. The number of nitrogens with zero attached hydrogens (tertiary/aromatic N) is 1. The van der Waals surface area contributed by atoms with E-state index in [2.05, 4.69) is 5.32 Å². The van der Waals surface area contributed by atoms with Gasteiger partial charge in [0.2, 0.25) is 0 Å². The van der Waals surface area contributed by atoms with E-state index in [1.54, 1.807) is 0 Å². The SMILES string of the molecule is O=C(O)CC1(CNC(=O)N(CC2CC2)CC2CC2)CCC1. The lowest BCUT2D eigenvalue weighted by Gasteiger charge is -2.41. The second-order valence-corrected chi connectivity index (χ2v) is 7.37. The van der Waals surface area contributed by atoms with Crippen molar-refractivity contribution in [2.24, 2.45) is 17.3 Å². The zero-order chi connectivity index (χ0) is 14.9. The van der Waals surface area contributed by atoms with Gasteiger partial charge in [0.1, 0.15) is 0 Å². The molecule has 3 rings (SSSR count). The Morgan fingerprint density at radius 3 is 2.05 bits per heavy atom. The van der Waals surface area contributed by atoms with Gasteiger partial charge >= 0.3 is 12.0 Å². The Bertz CT molecular complexity index is 398. The predicted octanol–water partition coefficient (Wildman–Crippen LogP) is 2.46. The van der Waals surface area contributed by atoms with E-state index in [4.69, 9.17) is 5.11 Å². The highest BCUT2D eigenvalue weighted by atomic mass is 16.4. The van der Waals surface area contributed by atoms with E-state index in [1.807, 2.05) is 4.90 Å². The number of hydrogen-bond donors (Lipinski definition) is 2. The Morgan fingerprint density at radius 2 is 1.67 bits per heavy atom. The van der Waals surface area contributed by atoms with Crippen LogP contribution in [0.3, 0.4) is 0 Å². The third kappa shape index (κ3) is 4.11. The lowest BCUT2D eigenvalue weighted by atomic mass is 9.66. The minimum atomic E-state index is -0.753. The third-order valence-corrected chi connectivity index (χ3v) is 5.19. The van der Waals surface area contributed by atoms with Crippen LogP contribution in [0.2, 0.25) is 0 Å². The molecule has 0 spiro atoms. The Hall–Kier alpha value is -1.26. The second kappa shape index (κ2) is 5.85. The van der Waals surface area contributed by atoms with Gasteiger partial charge in [-0.2, -0.15) is 0 Å². The highest BCUT2D eigenvalue weighted by Gasteiger charge is 2.40. The van der Waals surface area contributed by atoms with Gasteiger partial charge < -0.3 is 15.3 Å². The standard InChI is InChI=1S/C16H26N2O3/c19-14(20)8-16(6-1-7-16)11-17-15(21)18(9-12-2-3-12)10-13-4-5-13/h12-13H,1-11H2,(H,17,21)(H,19,20). The molecule has 3 aliphatic rings. The second-order valence-electron chi connectivity index (χ2n) is 7.37. The third-order valence-electron chi connectivity index (χ3n) is 5.19. The molecule has 0 aromatic heterocycles. The first kappa shape index (κ1) is 14.7. The fourth-order valence-electron chi connectivity index (χ4n) is 3.25. The summed E-state index contributed by atoms with van der Waals surface area (Å²) in [5.41, 5.74) is -0.188. The van der Waals surface area contributed by atoms with Crippen LogP contribution in [-0.2, 0) is 4.79 Å². The van der Waals surface area contributed by atoms with Gasteiger partial charge in [-0.05, 0) is 55.8 Å². The normalized spacial score (nSPS) is 23.2. The number of carbonyl (C=O) groups excluding carboxylic acids is 1. The molecule has 0 unspecified atom stereocenters. The number of carboxylic acids is 1. The first-order valence-corrected chi connectivity index (χ1v) is 8.31. The van der Waals surface area contributed by atoms with E-state index >= 15 is 0 Å². The number of urea groups is 1. The zero-order valence-corrected chi connectivity index (χ0v) is 12.6. The summed E-state index contributed by atoms with van der Waals surface area (Å²) in [4.78, 5) is 25.4. The summed E-state index contributed by atoms with van der Waals surface area (Å²) < 4.78 is 0. The van der Waals surface area contributed by atoms with Crippen molar-refractivity contribution in [1.82, 2.24) is 10.2 Å². The summed E-state index contributed by atoms with van der Waals surface area (Å²) in [5.74, 6) is 0.647. The first-order valence-electron chi connectivity index (χ1n) is 8.31. The fraction of sp³-hybridized carbons (Fsp3) is 0.875. The Balaban J connectivity index is 1.49. The number of aliphatic carboxylic acids is 1. The summed E-state index contributed by atoms with van der Waals surface area (Å²) in [7, 11) is 0. The molecule has 3 saturated carbocycles. The van der Waals surface area contributed by atoms with Gasteiger partial charge in [-0.25, -0.2) is 4.79 Å². The Labute approximate surface area is 126 Å². The maximum absolute atomic E-state index is 12.4. The van der Waals surface area contributed by atoms with Crippen molar-refractivity contribution in [2.45, 2.75) is 51.4 Å². The van der Waals surface area contributed by atoms with Crippen molar-refractivity contribution >= 4 is 12.0 Å². The van der Waals surface area contributed by atoms with Gasteiger partial charge in [0.15, 0.2) is 0 Å². The molecule has 3 fully saturated rings. The van der Waals surface area contributed by atoms with Crippen molar-refractivity contribution in [3.8, 4) is 0 Å². The van der Waals surface area contributed by atoms with Crippen molar-refractivity contribution in [1.29, 1.82) is 0 Å². The molecule has 2 amide bonds. The van der Waals surface area contributed by atoms with Crippen LogP contribution in [-0.4, -0.2) is 41.6 Å². The zero-order valence-electron chi connectivity index (χ0n) is 12.6. The van der Waals surface area contributed by atoms with Crippen molar-refractivity contribution in [2.75, 3.05) is 19.6 Å². The first-order chi connectivity index (χ1) is 10.1. The summed E-state index contributed by atoms with van der Waals surface area (Å²) in [6.45, 7) is 2.28. The smallest absolute Gasteiger partial charge is 0.317 e.